The fourth-order valence-electron chi connectivity index (χ4n) is 1.69. The standard InChI is InChI=1S/C12H16O3/c13-12-7-6-11(15-12)9-14-8-10-4-2-1-3-5-10/h1-5,11-13H,6-9H2/t11-,12?/m0/s1. The third-order valence-corrected chi connectivity index (χ3v) is 2.50. The number of ether oxygens (including phenoxy) is 2. The summed E-state index contributed by atoms with van der Waals surface area (Å²) in [4.78, 5) is 0. The Bertz CT molecular complexity index is 286. The molecule has 1 unspecified atom stereocenters. The molecular weight excluding hydrogens is 192 g/mol. The van der Waals surface area contributed by atoms with Gasteiger partial charge in [-0.1, -0.05) is 30.3 Å². The summed E-state index contributed by atoms with van der Waals surface area (Å²) in [5.74, 6) is 0. The summed E-state index contributed by atoms with van der Waals surface area (Å²) in [7, 11) is 0. The Morgan fingerprint density at radius 1 is 1.27 bits per heavy atom. The maximum atomic E-state index is 9.14. The summed E-state index contributed by atoms with van der Waals surface area (Å²) in [5, 5.41) is 9.14. The van der Waals surface area contributed by atoms with Crippen molar-refractivity contribution >= 4 is 0 Å². The molecule has 2 rings (SSSR count). The van der Waals surface area contributed by atoms with Crippen molar-refractivity contribution in [3.63, 3.8) is 0 Å². The van der Waals surface area contributed by atoms with Crippen LogP contribution in [0.1, 0.15) is 18.4 Å². The first-order chi connectivity index (χ1) is 7.34. The van der Waals surface area contributed by atoms with Crippen LogP contribution in [0.15, 0.2) is 30.3 Å². The largest absolute Gasteiger partial charge is 0.374 e. The monoisotopic (exact) mass is 208 g/mol. The molecule has 0 radical (unpaired) electrons. The van der Waals surface area contributed by atoms with Gasteiger partial charge in [-0.25, -0.2) is 0 Å². The summed E-state index contributed by atoms with van der Waals surface area (Å²) in [6, 6.07) is 10.0. The highest BCUT2D eigenvalue weighted by molar-refractivity contribution is 5.13. The summed E-state index contributed by atoms with van der Waals surface area (Å²) >= 11 is 0. The van der Waals surface area contributed by atoms with Crippen molar-refractivity contribution in [1.82, 2.24) is 0 Å². The topological polar surface area (TPSA) is 38.7 Å². The van der Waals surface area contributed by atoms with Gasteiger partial charge in [0, 0.05) is 6.42 Å². The van der Waals surface area contributed by atoms with Crippen molar-refractivity contribution in [2.24, 2.45) is 0 Å². The maximum Gasteiger partial charge on any atom is 0.155 e. The molecule has 1 fully saturated rings. The molecule has 0 spiro atoms. The second-order valence-electron chi connectivity index (χ2n) is 3.79. The van der Waals surface area contributed by atoms with E-state index in [1.165, 1.54) is 0 Å². The van der Waals surface area contributed by atoms with E-state index in [0.29, 0.717) is 13.2 Å². The van der Waals surface area contributed by atoms with Gasteiger partial charge in [0.2, 0.25) is 0 Å². The molecule has 0 aromatic heterocycles. The lowest BCUT2D eigenvalue weighted by molar-refractivity contribution is -0.109. The first-order valence-electron chi connectivity index (χ1n) is 5.30. The molecule has 1 aromatic rings. The molecule has 2 atom stereocenters. The maximum absolute atomic E-state index is 9.14. The Balaban J connectivity index is 1.67. The molecule has 1 aliphatic rings. The van der Waals surface area contributed by atoms with Crippen LogP contribution < -0.4 is 0 Å². The van der Waals surface area contributed by atoms with Crippen molar-refractivity contribution < 1.29 is 14.6 Å². The smallest absolute Gasteiger partial charge is 0.155 e. The fraction of sp³-hybridized carbons (Fsp3) is 0.500. The number of hydrogen-bond donors (Lipinski definition) is 1. The molecule has 0 bridgehead atoms. The third-order valence-electron chi connectivity index (χ3n) is 2.50. The lowest BCUT2D eigenvalue weighted by Crippen LogP contribution is -2.16. The van der Waals surface area contributed by atoms with Crippen LogP contribution in [0.3, 0.4) is 0 Å². The van der Waals surface area contributed by atoms with Crippen LogP contribution in [0.4, 0.5) is 0 Å². The molecule has 0 aliphatic carbocycles. The van der Waals surface area contributed by atoms with Gasteiger partial charge in [-0.3, -0.25) is 0 Å². The second-order valence-corrected chi connectivity index (χ2v) is 3.79. The number of rotatable bonds is 4. The summed E-state index contributed by atoms with van der Waals surface area (Å²) < 4.78 is 10.7. The van der Waals surface area contributed by atoms with Crippen LogP contribution in [0.25, 0.3) is 0 Å². The SMILES string of the molecule is OC1CC[C@@H](COCc2ccccc2)O1. The number of hydrogen-bond acceptors (Lipinski definition) is 3. The fourth-order valence-corrected chi connectivity index (χ4v) is 1.69. The minimum atomic E-state index is -0.588. The molecule has 3 heteroatoms. The van der Waals surface area contributed by atoms with Crippen LogP contribution in [0.5, 0.6) is 0 Å². The van der Waals surface area contributed by atoms with Gasteiger partial charge in [-0.15, -0.1) is 0 Å². The van der Waals surface area contributed by atoms with Gasteiger partial charge < -0.3 is 14.6 Å². The zero-order chi connectivity index (χ0) is 10.5. The molecule has 1 saturated heterocycles. The van der Waals surface area contributed by atoms with Crippen LogP contribution in [0.2, 0.25) is 0 Å². The van der Waals surface area contributed by atoms with Gasteiger partial charge in [-0.05, 0) is 12.0 Å². The van der Waals surface area contributed by atoms with E-state index in [4.69, 9.17) is 14.6 Å². The van der Waals surface area contributed by atoms with E-state index in [0.717, 1.165) is 18.4 Å². The van der Waals surface area contributed by atoms with E-state index < -0.39 is 6.29 Å². The highest BCUT2D eigenvalue weighted by atomic mass is 16.6. The van der Waals surface area contributed by atoms with Crippen molar-refractivity contribution in [2.75, 3.05) is 6.61 Å². The van der Waals surface area contributed by atoms with Crippen molar-refractivity contribution in [3.8, 4) is 0 Å². The van der Waals surface area contributed by atoms with Gasteiger partial charge in [0.15, 0.2) is 6.29 Å². The molecule has 15 heavy (non-hydrogen) atoms. The molecule has 1 aliphatic heterocycles. The molecular formula is C12H16O3. The van der Waals surface area contributed by atoms with Crippen LogP contribution >= 0.6 is 0 Å². The molecule has 1 N–H and O–H groups in total. The molecule has 0 saturated carbocycles. The van der Waals surface area contributed by atoms with E-state index >= 15 is 0 Å². The minimum absolute atomic E-state index is 0.0590. The zero-order valence-electron chi connectivity index (χ0n) is 8.63. The predicted molar refractivity (Wildman–Crippen MR) is 56.2 cm³/mol. The van der Waals surface area contributed by atoms with Crippen molar-refractivity contribution in [2.45, 2.75) is 31.8 Å². The van der Waals surface area contributed by atoms with E-state index in [1.807, 2.05) is 30.3 Å². The van der Waals surface area contributed by atoms with Gasteiger partial charge in [0.1, 0.15) is 0 Å². The molecule has 1 aromatic carbocycles. The quantitative estimate of drug-likeness (QED) is 0.818. The Kier molecular flexibility index (Phi) is 3.72. The average molecular weight is 208 g/mol. The van der Waals surface area contributed by atoms with Gasteiger partial charge >= 0.3 is 0 Å². The van der Waals surface area contributed by atoms with E-state index in [2.05, 4.69) is 0 Å². The van der Waals surface area contributed by atoms with E-state index in [9.17, 15) is 0 Å². The van der Waals surface area contributed by atoms with E-state index in [1.54, 1.807) is 0 Å². The lowest BCUT2D eigenvalue weighted by atomic mass is 10.2. The van der Waals surface area contributed by atoms with Crippen LogP contribution in [0, 0.1) is 0 Å². The first-order valence-corrected chi connectivity index (χ1v) is 5.30. The van der Waals surface area contributed by atoms with Crippen LogP contribution in [-0.4, -0.2) is 24.1 Å². The van der Waals surface area contributed by atoms with Gasteiger partial charge in [-0.2, -0.15) is 0 Å². The Morgan fingerprint density at radius 3 is 2.73 bits per heavy atom. The summed E-state index contributed by atoms with van der Waals surface area (Å²) in [6.45, 7) is 1.17. The molecule has 3 nitrogen and oxygen atoms in total. The highest BCUT2D eigenvalue weighted by Crippen LogP contribution is 2.17. The van der Waals surface area contributed by atoms with Crippen molar-refractivity contribution in [1.29, 1.82) is 0 Å². The lowest BCUT2D eigenvalue weighted by Gasteiger charge is -2.10. The predicted octanol–water partition coefficient (Wildman–Crippen LogP) is 1.70. The van der Waals surface area contributed by atoms with Gasteiger partial charge in [0.05, 0.1) is 19.3 Å². The second kappa shape index (κ2) is 5.26. The average Bonchev–Trinajstić information content (AvgIpc) is 2.66. The minimum Gasteiger partial charge on any atom is -0.374 e. The zero-order valence-corrected chi connectivity index (χ0v) is 8.63. The normalized spacial score (nSPS) is 25.7. The number of benzene rings is 1. The Hall–Kier alpha value is -0.900. The van der Waals surface area contributed by atoms with E-state index in [-0.39, 0.29) is 6.10 Å². The first kappa shape index (κ1) is 10.6. The van der Waals surface area contributed by atoms with Gasteiger partial charge in [0.25, 0.3) is 0 Å². The molecule has 1 heterocycles. The molecule has 0 amide bonds. The highest BCUT2D eigenvalue weighted by Gasteiger charge is 2.22. The number of aliphatic hydroxyl groups is 1. The Labute approximate surface area is 89.6 Å². The van der Waals surface area contributed by atoms with Crippen molar-refractivity contribution in [3.05, 3.63) is 35.9 Å². The molecule has 82 valence electrons. The number of aliphatic hydroxyl groups excluding tert-OH is 1. The summed E-state index contributed by atoms with van der Waals surface area (Å²) in [5.41, 5.74) is 1.16. The summed E-state index contributed by atoms with van der Waals surface area (Å²) in [6.07, 6.45) is 1.08. The Morgan fingerprint density at radius 2 is 2.07 bits per heavy atom. The van der Waals surface area contributed by atoms with Crippen LogP contribution in [-0.2, 0) is 16.1 Å². The third kappa shape index (κ3) is 3.30.